The summed E-state index contributed by atoms with van der Waals surface area (Å²) in [5.41, 5.74) is 0.972. The Kier molecular flexibility index (Phi) is 3.95. The van der Waals surface area contributed by atoms with E-state index in [4.69, 9.17) is 9.72 Å². The van der Waals surface area contributed by atoms with Crippen LogP contribution in [0, 0.1) is 5.92 Å². The molecule has 2 aliphatic heterocycles. The lowest BCUT2D eigenvalue weighted by Gasteiger charge is -2.42. The van der Waals surface area contributed by atoms with Gasteiger partial charge in [0, 0.05) is 36.0 Å². The van der Waals surface area contributed by atoms with Crippen LogP contribution in [0.4, 0.5) is 5.82 Å². The highest BCUT2D eigenvalue weighted by molar-refractivity contribution is 9.10. The van der Waals surface area contributed by atoms with Crippen LogP contribution in [0.15, 0.2) is 34.8 Å². The van der Waals surface area contributed by atoms with E-state index in [1.54, 1.807) is 0 Å². The van der Waals surface area contributed by atoms with Gasteiger partial charge in [-0.05, 0) is 24.3 Å². The van der Waals surface area contributed by atoms with Crippen LogP contribution in [0.2, 0.25) is 0 Å². The summed E-state index contributed by atoms with van der Waals surface area (Å²) in [6.45, 7) is 4.26. The number of halogens is 1. The van der Waals surface area contributed by atoms with Crippen molar-refractivity contribution in [1.82, 2.24) is 9.88 Å². The summed E-state index contributed by atoms with van der Waals surface area (Å²) < 4.78 is 6.33. The number of carbonyl (C=O) groups is 1. The first kappa shape index (κ1) is 14.9. The van der Waals surface area contributed by atoms with E-state index in [1.807, 2.05) is 23.1 Å². The number of aromatic nitrogens is 1. The minimum Gasteiger partial charge on any atom is -0.378 e. The SMILES string of the molecule is O=C(C1CN(c2ccc3ccc(Br)cc3n2)C1)N1CCOCC1. The van der Waals surface area contributed by atoms with E-state index in [2.05, 4.69) is 33.0 Å². The molecule has 0 N–H and O–H groups in total. The maximum absolute atomic E-state index is 12.4. The van der Waals surface area contributed by atoms with E-state index in [-0.39, 0.29) is 11.8 Å². The molecule has 6 heteroatoms. The third-order valence-electron chi connectivity index (χ3n) is 4.52. The number of morpholine rings is 1. The fourth-order valence-electron chi connectivity index (χ4n) is 3.12. The van der Waals surface area contributed by atoms with E-state index < -0.39 is 0 Å². The van der Waals surface area contributed by atoms with Crippen molar-refractivity contribution in [3.8, 4) is 0 Å². The third kappa shape index (κ3) is 2.93. The first-order valence-electron chi connectivity index (χ1n) is 7.88. The molecule has 23 heavy (non-hydrogen) atoms. The highest BCUT2D eigenvalue weighted by atomic mass is 79.9. The highest BCUT2D eigenvalue weighted by Crippen LogP contribution is 2.27. The van der Waals surface area contributed by atoms with Gasteiger partial charge in [-0.1, -0.05) is 22.0 Å². The number of benzene rings is 1. The van der Waals surface area contributed by atoms with E-state index >= 15 is 0 Å². The average molecular weight is 376 g/mol. The molecule has 0 saturated carbocycles. The number of ether oxygens (including phenoxy) is 1. The number of rotatable bonds is 2. The zero-order valence-electron chi connectivity index (χ0n) is 12.7. The molecule has 0 spiro atoms. The molecule has 4 rings (SSSR count). The molecule has 2 aromatic rings. The van der Waals surface area contributed by atoms with Crippen LogP contribution in [0.3, 0.4) is 0 Å². The predicted octanol–water partition coefficient (Wildman–Crippen LogP) is 2.29. The van der Waals surface area contributed by atoms with Crippen molar-refractivity contribution >= 4 is 38.6 Å². The standard InChI is InChI=1S/C17H18BrN3O2/c18-14-3-1-12-2-4-16(19-15(12)9-14)21-10-13(11-21)17(22)20-5-7-23-8-6-20/h1-4,9,13H,5-8,10-11H2. The Bertz CT molecular complexity index is 740. The van der Waals surface area contributed by atoms with Gasteiger partial charge < -0.3 is 14.5 Å². The largest absolute Gasteiger partial charge is 0.378 e. The maximum atomic E-state index is 12.4. The van der Waals surface area contributed by atoms with Gasteiger partial charge in [-0.3, -0.25) is 4.79 Å². The summed E-state index contributed by atoms with van der Waals surface area (Å²) in [5.74, 6) is 1.29. The fraction of sp³-hybridized carbons (Fsp3) is 0.412. The molecule has 3 heterocycles. The first-order chi connectivity index (χ1) is 11.2. The maximum Gasteiger partial charge on any atom is 0.229 e. The van der Waals surface area contributed by atoms with Crippen LogP contribution in [-0.4, -0.2) is 55.2 Å². The molecule has 1 aromatic heterocycles. The Morgan fingerprint density at radius 3 is 2.70 bits per heavy atom. The van der Waals surface area contributed by atoms with Crippen molar-refractivity contribution in [2.24, 2.45) is 5.92 Å². The second-order valence-corrected chi connectivity index (χ2v) is 6.96. The van der Waals surface area contributed by atoms with Gasteiger partial charge in [0.1, 0.15) is 5.82 Å². The van der Waals surface area contributed by atoms with Gasteiger partial charge in [0.05, 0.1) is 24.6 Å². The number of carbonyl (C=O) groups excluding carboxylic acids is 1. The van der Waals surface area contributed by atoms with Gasteiger partial charge in [-0.15, -0.1) is 0 Å². The van der Waals surface area contributed by atoms with Crippen LogP contribution in [0.5, 0.6) is 0 Å². The smallest absolute Gasteiger partial charge is 0.229 e. The second kappa shape index (κ2) is 6.09. The van der Waals surface area contributed by atoms with Crippen LogP contribution >= 0.6 is 15.9 Å². The molecule has 120 valence electrons. The topological polar surface area (TPSA) is 45.7 Å². The van der Waals surface area contributed by atoms with Gasteiger partial charge in [-0.2, -0.15) is 0 Å². The Balaban J connectivity index is 1.44. The fourth-order valence-corrected chi connectivity index (χ4v) is 3.47. The molecule has 0 unspecified atom stereocenters. The number of anilines is 1. The monoisotopic (exact) mass is 375 g/mol. The summed E-state index contributed by atoms with van der Waals surface area (Å²) >= 11 is 3.48. The van der Waals surface area contributed by atoms with E-state index in [0.29, 0.717) is 13.2 Å². The summed E-state index contributed by atoms with van der Waals surface area (Å²) in [7, 11) is 0. The van der Waals surface area contributed by atoms with E-state index in [1.165, 1.54) is 0 Å². The number of pyridine rings is 1. The lowest BCUT2D eigenvalue weighted by molar-refractivity contribution is -0.140. The molecule has 2 fully saturated rings. The van der Waals surface area contributed by atoms with Crippen molar-refractivity contribution in [2.45, 2.75) is 0 Å². The van der Waals surface area contributed by atoms with Crippen molar-refractivity contribution < 1.29 is 9.53 Å². The van der Waals surface area contributed by atoms with Crippen molar-refractivity contribution in [3.63, 3.8) is 0 Å². The molecule has 0 radical (unpaired) electrons. The van der Waals surface area contributed by atoms with E-state index in [0.717, 1.165) is 47.4 Å². The van der Waals surface area contributed by atoms with Gasteiger partial charge in [-0.25, -0.2) is 4.98 Å². The minimum absolute atomic E-state index is 0.0908. The zero-order chi connectivity index (χ0) is 15.8. The van der Waals surface area contributed by atoms with Crippen molar-refractivity contribution in [1.29, 1.82) is 0 Å². The normalized spacial score (nSPS) is 19.0. The third-order valence-corrected chi connectivity index (χ3v) is 5.01. The number of fused-ring (bicyclic) bond motifs is 1. The molecule has 1 aromatic carbocycles. The minimum atomic E-state index is 0.0908. The predicted molar refractivity (Wildman–Crippen MR) is 92.5 cm³/mol. The first-order valence-corrected chi connectivity index (χ1v) is 8.68. The summed E-state index contributed by atoms with van der Waals surface area (Å²) in [6.07, 6.45) is 0. The van der Waals surface area contributed by atoms with Crippen molar-refractivity contribution in [2.75, 3.05) is 44.3 Å². The molecule has 0 atom stereocenters. The lowest BCUT2D eigenvalue weighted by Crippen LogP contribution is -2.56. The number of hydrogen-bond acceptors (Lipinski definition) is 4. The molecule has 1 amide bonds. The molecule has 2 aliphatic rings. The number of nitrogens with zero attached hydrogens (tertiary/aromatic N) is 3. The highest BCUT2D eigenvalue weighted by Gasteiger charge is 2.36. The molecule has 0 bridgehead atoms. The summed E-state index contributed by atoms with van der Waals surface area (Å²) in [6, 6.07) is 10.2. The Labute approximate surface area is 143 Å². The van der Waals surface area contributed by atoms with Crippen LogP contribution in [0.25, 0.3) is 10.9 Å². The second-order valence-electron chi connectivity index (χ2n) is 6.05. The summed E-state index contributed by atoms with van der Waals surface area (Å²) in [4.78, 5) is 21.2. The summed E-state index contributed by atoms with van der Waals surface area (Å²) in [5, 5.41) is 1.12. The molecular weight excluding hydrogens is 358 g/mol. The van der Waals surface area contributed by atoms with Gasteiger partial charge in [0.2, 0.25) is 5.91 Å². The Morgan fingerprint density at radius 2 is 1.91 bits per heavy atom. The molecule has 5 nitrogen and oxygen atoms in total. The average Bonchev–Trinajstić information content (AvgIpc) is 2.54. The van der Waals surface area contributed by atoms with Gasteiger partial charge in [0.25, 0.3) is 0 Å². The molecule has 2 saturated heterocycles. The quantitative estimate of drug-likeness (QED) is 0.807. The van der Waals surface area contributed by atoms with Crippen LogP contribution in [-0.2, 0) is 9.53 Å². The van der Waals surface area contributed by atoms with Crippen LogP contribution < -0.4 is 4.90 Å². The molecule has 0 aliphatic carbocycles. The lowest BCUT2D eigenvalue weighted by atomic mass is 9.98. The van der Waals surface area contributed by atoms with Gasteiger partial charge in [0.15, 0.2) is 0 Å². The Morgan fingerprint density at radius 1 is 1.17 bits per heavy atom. The van der Waals surface area contributed by atoms with Gasteiger partial charge >= 0.3 is 0 Å². The zero-order valence-corrected chi connectivity index (χ0v) is 14.3. The number of hydrogen-bond donors (Lipinski definition) is 0. The molecular formula is C17H18BrN3O2. The van der Waals surface area contributed by atoms with E-state index in [9.17, 15) is 4.79 Å². The van der Waals surface area contributed by atoms with Crippen molar-refractivity contribution in [3.05, 3.63) is 34.8 Å². The Hall–Kier alpha value is -1.66. The van der Waals surface area contributed by atoms with Crippen LogP contribution in [0.1, 0.15) is 0 Å². The number of amides is 1.